The largest absolute Gasteiger partial charge is 0.342 e. The van der Waals surface area contributed by atoms with Crippen molar-refractivity contribution in [2.75, 3.05) is 32.7 Å². The summed E-state index contributed by atoms with van der Waals surface area (Å²) in [7, 11) is 0. The summed E-state index contributed by atoms with van der Waals surface area (Å²) >= 11 is 0. The van der Waals surface area contributed by atoms with E-state index in [0.717, 1.165) is 38.6 Å². The van der Waals surface area contributed by atoms with Gasteiger partial charge in [-0.1, -0.05) is 30.3 Å². The minimum atomic E-state index is -0.0706. The Labute approximate surface area is 150 Å². The molecule has 1 aliphatic heterocycles. The Morgan fingerprint density at radius 2 is 1.84 bits per heavy atom. The molecule has 1 saturated heterocycles. The van der Waals surface area contributed by atoms with Gasteiger partial charge >= 0.3 is 0 Å². The smallest absolute Gasteiger partial charge is 0.227 e. The van der Waals surface area contributed by atoms with Crippen LogP contribution in [0.1, 0.15) is 31.2 Å². The van der Waals surface area contributed by atoms with Gasteiger partial charge in [0.2, 0.25) is 11.8 Å². The highest BCUT2D eigenvalue weighted by atomic mass is 16.2. The summed E-state index contributed by atoms with van der Waals surface area (Å²) in [5.41, 5.74) is 6.96. The summed E-state index contributed by atoms with van der Waals surface area (Å²) in [5, 5.41) is 0. The second kappa shape index (κ2) is 8.48. The molecule has 1 aromatic carbocycles. The molecule has 2 amide bonds. The SMILES string of the molecule is NCCN(CCc1ccccc1)C(=O)C1CCCN(C(=O)C2CC2)C1. The highest BCUT2D eigenvalue weighted by Gasteiger charge is 2.37. The summed E-state index contributed by atoms with van der Waals surface area (Å²) in [6.45, 7) is 3.13. The number of hydrogen-bond acceptors (Lipinski definition) is 3. The van der Waals surface area contributed by atoms with Gasteiger partial charge in [0.15, 0.2) is 0 Å². The van der Waals surface area contributed by atoms with E-state index in [2.05, 4.69) is 12.1 Å². The first-order valence-electron chi connectivity index (χ1n) is 9.50. The van der Waals surface area contributed by atoms with E-state index in [1.165, 1.54) is 5.56 Å². The maximum Gasteiger partial charge on any atom is 0.227 e. The molecule has 0 aromatic heterocycles. The molecule has 1 heterocycles. The zero-order valence-electron chi connectivity index (χ0n) is 14.9. The number of hydrogen-bond donors (Lipinski definition) is 1. The number of benzene rings is 1. The van der Waals surface area contributed by atoms with Crippen molar-refractivity contribution in [1.29, 1.82) is 0 Å². The van der Waals surface area contributed by atoms with Crippen molar-refractivity contribution in [2.24, 2.45) is 17.6 Å². The molecule has 5 heteroatoms. The van der Waals surface area contributed by atoms with Gasteiger partial charge in [0.25, 0.3) is 0 Å². The Morgan fingerprint density at radius 1 is 1.08 bits per heavy atom. The highest BCUT2D eigenvalue weighted by molar-refractivity contribution is 5.83. The quantitative estimate of drug-likeness (QED) is 0.819. The van der Waals surface area contributed by atoms with Crippen molar-refractivity contribution in [3.05, 3.63) is 35.9 Å². The molecule has 3 rings (SSSR count). The second-order valence-electron chi connectivity index (χ2n) is 7.25. The van der Waals surface area contributed by atoms with Gasteiger partial charge < -0.3 is 15.5 Å². The van der Waals surface area contributed by atoms with Crippen LogP contribution in [0, 0.1) is 11.8 Å². The molecule has 2 fully saturated rings. The monoisotopic (exact) mass is 343 g/mol. The molecular weight excluding hydrogens is 314 g/mol. The van der Waals surface area contributed by atoms with Crippen LogP contribution >= 0.6 is 0 Å². The lowest BCUT2D eigenvalue weighted by Crippen LogP contribution is -2.48. The lowest BCUT2D eigenvalue weighted by molar-refractivity contribution is -0.141. The number of nitrogens with zero attached hydrogens (tertiary/aromatic N) is 2. The summed E-state index contributed by atoms with van der Waals surface area (Å²) in [5.74, 6) is 0.577. The molecule has 1 saturated carbocycles. The van der Waals surface area contributed by atoms with Gasteiger partial charge in [0.1, 0.15) is 0 Å². The molecule has 1 atom stereocenters. The van der Waals surface area contributed by atoms with Crippen LogP contribution in [0.5, 0.6) is 0 Å². The fourth-order valence-electron chi connectivity index (χ4n) is 3.62. The summed E-state index contributed by atoms with van der Waals surface area (Å²) in [6, 6.07) is 10.2. The van der Waals surface area contributed by atoms with Crippen LogP contribution in [0.25, 0.3) is 0 Å². The first-order chi connectivity index (χ1) is 12.2. The molecule has 2 aliphatic rings. The molecule has 0 radical (unpaired) electrons. The zero-order chi connectivity index (χ0) is 17.6. The number of rotatable bonds is 7. The molecular formula is C20H29N3O2. The van der Waals surface area contributed by atoms with Gasteiger partial charge in [-0.3, -0.25) is 9.59 Å². The summed E-state index contributed by atoms with van der Waals surface area (Å²) in [6.07, 6.45) is 4.67. The van der Waals surface area contributed by atoms with E-state index in [4.69, 9.17) is 5.73 Å². The predicted molar refractivity (Wildman–Crippen MR) is 97.8 cm³/mol. The maximum atomic E-state index is 13.0. The fraction of sp³-hybridized carbons (Fsp3) is 0.600. The topological polar surface area (TPSA) is 66.6 Å². The van der Waals surface area contributed by atoms with Gasteiger partial charge in [0, 0.05) is 38.6 Å². The number of nitrogens with two attached hydrogens (primary N) is 1. The van der Waals surface area contributed by atoms with Crippen LogP contribution in [-0.2, 0) is 16.0 Å². The summed E-state index contributed by atoms with van der Waals surface area (Å²) < 4.78 is 0. The third kappa shape index (κ3) is 4.82. The third-order valence-corrected chi connectivity index (χ3v) is 5.23. The van der Waals surface area contributed by atoms with Crippen LogP contribution in [0.15, 0.2) is 30.3 Å². The van der Waals surface area contributed by atoms with Crippen molar-refractivity contribution in [3.8, 4) is 0 Å². The Bertz CT molecular complexity index is 586. The van der Waals surface area contributed by atoms with Crippen molar-refractivity contribution in [2.45, 2.75) is 32.1 Å². The highest BCUT2D eigenvalue weighted by Crippen LogP contribution is 2.32. The van der Waals surface area contributed by atoms with E-state index in [9.17, 15) is 9.59 Å². The van der Waals surface area contributed by atoms with E-state index in [1.54, 1.807) is 0 Å². The molecule has 0 bridgehead atoms. The van der Waals surface area contributed by atoms with Gasteiger partial charge in [-0.15, -0.1) is 0 Å². The van der Waals surface area contributed by atoms with E-state index < -0.39 is 0 Å². The number of likely N-dealkylation sites (tertiary alicyclic amines) is 1. The molecule has 1 aliphatic carbocycles. The van der Waals surface area contributed by atoms with Gasteiger partial charge in [-0.2, -0.15) is 0 Å². The first-order valence-corrected chi connectivity index (χ1v) is 9.50. The molecule has 1 aromatic rings. The zero-order valence-corrected chi connectivity index (χ0v) is 14.9. The molecule has 25 heavy (non-hydrogen) atoms. The number of piperidine rings is 1. The standard InChI is InChI=1S/C20H29N3O2/c21-11-14-22(13-10-16-5-2-1-3-6-16)20(25)18-7-4-12-23(15-18)19(24)17-8-9-17/h1-3,5-6,17-18H,4,7-15,21H2. The summed E-state index contributed by atoms with van der Waals surface area (Å²) in [4.78, 5) is 29.1. The average molecular weight is 343 g/mol. The Hall–Kier alpha value is -1.88. The first kappa shape index (κ1) is 17.9. The van der Waals surface area contributed by atoms with Crippen molar-refractivity contribution in [3.63, 3.8) is 0 Å². The van der Waals surface area contributed by atoms with Crippen LogP contribution in [0.3, 0.4) is 0 Å². The fourth-order valence-corrected chi connectivity index (χ4v) is 3.62. The number of amides is 2. The van der Waals surface area contributed by atoms with Crippen molar-refractivity contribution < 1.29 is 9.59 Å². The van der Waals surface area contributed by atoms with Crippen molar-refractivity contribution in [1.82, 2.24) is 9.80 Å². The van der Waals surface area contributed by atoms with Crippen LogP contribution in [-0.4, -0.2) is 54.3 Å². The average Bonchev–Trinajstić information content (AvgIpc) is 3.50. The van der Waals surface area contributed by atoms with Crippen molar-refractivity contribution >= 4 is 11.8 Å². The van der Waals surface area contributed by atoms with E-state index >= 15 is 0 Å². The van der Waals surface area contributed by atoms with Crippen LogP contribution in [0.2, 0.25) is 0 Å². The third-order valence-electron chi connectivity index (χ3n) is 5.23. The van der Waals surface area contributed by atoms with E-state index in [1.807, 2.05) is 28.0 Å². The van der Waals surface area contributed by atoms with Gasteiger partial charge in [-0.05, 0) is 37.7 Å². The predicted octanol–water partition coefficient (Wildman–Crippen LogP) is 1.66. The Kier molecular flexibility index (Phi) is 6.08. The number of carbonyl (C=O) groups is 2. The van der Waals surface area contributed by atoms with Gasteiger partial charge in [-0.25, -0.2) is 0 Å². The molecule has 5 nitrogen and oxygen atoms in total. The molecule has 136 valence electrons. The molecule has 2 N–H and O–H groups in total. The van der Waals surface area contributed by atoms with Crippen LogP contribution in [0.4, 0.5) is 0 Å². The maximum absolute atomic E-state index is 13.0. The van der Waals surface area contributed by atoms with E-state index in [-0.39, 0.29) is 23.7 Å². The lowest BCUT2D eigenvalue weighted by Gasteiger charge is -2.35. The van der Waals surface area contributed by atoms with Crippen LogP contribution < -0.4 is 5.73 Å². The Balaban J connectivity index is 1.57. The number of carbonyl (C=O) groups excluding carboxylic acids is 2. The minimum absolute atomic E-state index is 0.0706. The lowest BCUT2D eigenvalue weighted by atomic mass is 9.95. The normalized spacial score (nSPS) is 20.4. The van der Waals surface area contributed by atoms with E-state index in [0.29, 0.717) is 26.2 Å². The second-order valence-corrected chi connectivity index (χ2v) is 7.25. The van der Waals surface area contributed by atoms with Gasteiger partial charge in [0.05, 0.1) is 5.92 Å². The molecule has 0 spiro atoms. The molecule has 1 unspecified atom stereocenters. The minimum Gasteiger partial charge on any atom is -0.342 e. The Morgan fingerprint density at radius 3 is 2.52 bits per heavy atom.